The largest absolute Gasteiger partial charge is 0.481 e. The first-order valence-corrected chi connectivity index (χ1v) is 7.69. The van der Waals surface area contributed by atoms with Gasteiger partial charge in [0.1, 0.15) is 11.5 Å². The van der Waals surface area contributed by atoms with Crippen molar-refractivity contribution in [3.8, 4) is 11.5 Å². The van der Waals surface area contributed by atoms with Crippen molar-refractivity contribution in [2.75, 3.05) is 0 Å². The molecule has 0 spiro atoms. The number of carbonyl (C=O) groups is 2. The lowest BCUT2D eigenvalue weighted by Crippen LogP contribution is -2.17. The van der Waals surface area contributed by atoms with Crippen LogP contribution >= 0.6 is 0 Å². The fourth-order valence-corrected chi connectivity index (χ4v) is 2.47. The molecule has 0 saturated heterocycles. The topological polar surface area (TPSA) is 136 Å². The van der Waals surface area contributed by atoms with E-state index in [4.69, 9.17) is 26.4 Å². The average Bonchev–Trinajstić information content (AvgIpc) is 2.54. The van der Waals surface area contributed by atoms with E-state index in [2.05, 4.69) is 0 Å². The van der Waals surface area contributed by atoms with Gasteiger partial charge in [-0.3, -0.25) is 9.59 Å². The van der Waals surface area contributed by atoms with Gasteiger partial charge in [0.2, 0.25) is 0 Å². The smallest absolute Gasteiger partial charge is 0.305 e. The van der Waals surface area contributed by atoms with Crippen LogP contribution in [0.3, 0.4) is 0 Å². The quantitative estimate of drug-likeness (QED) is 0.577. The van der Waals surface area contributed by atoms with E-state index in [1.807, 2.05) is 0 Å². The Morgan fingerprint density at radius 3 is 1.52 bits per heavy atom. The van der Waals surface area contributed by atoms with E-state index in [-0.39, 0.29) is 12.8 Å². The van der Waals surface area contributed by atoms with Crippen molar-refractivity contribution >= 4 is 11.9 Å². The molecule has 2 unspecified atom stereocenters. The summed E-state index contributed by atoms with van der Waals surface area (Å²) in [6, 6.07) is 12.3. The van der Waals surface area contributed by atoms with Gasteiger partial charge in [0.05, 0.1) is 12.8 Å². The predicted octanol–water partition coefficient (Wildman–Crippen LogP) is 2.43. The van der Waals surface area contributed by atoms with Crippen LogP contribution in [-0.2, 0) is 9.59 Å². The lowest BCUT2D eigenvalue weighted by molar-refractivity contribution is -0.138. The summed E-state index contributed by atoms with van der Waals surface area (Å²) in [6.07, 6.45) is -0.471. The number of rotatable bonds is 8. The number of hydrogen-bond acceptors (Lipinski definition) is 5. The van der Waals surface area contributed by atoms with Gasteiger partial charge in [-0.1, -0.05) is 36.4 Å². The predicted molar refractivity (Wildman–Crippen MR) is 91.3 cm³/mol. The zero-order valence-corrected chi connectivity index (χ0v) is 13.5. The summed E-state index contributed by atoms with van der Waals surface area (Å²) < 4.78 is 5.90. The van der Waals surface area contributed by atoms with Crippen molar-refractivity contribution in [1.82, 2.24) is 0 Å². The molecule has 7 nitrogen and oxygen atoms in total. The van der Waals surface area contributed by atoms with E-state index in [1.165, 1.54) is 0 Å². The molecule has 0 aliphatic carbocycles. The van der Waals surface area contributed by atoms with E-state index in [0.717, 1.165) is 0 Å². The number of nitrogens with two attached hydrogens (primary N) is 2. The lowest BCUT2D eigenvalue weighted by atomic mass is 10.0. The number of carboxylic acid groups (broad SMARTS) is 2. The zero-order chi connectivity index (χ0) is 18.4. The summed E-state index contributed by atoms with van der Waals surface area (Å²) in [5.74, 6) is -1.20. The molecule has 0 aliphatic rings. The molecule has 2 atom stereocenters. The summed E-state index contributed by atoms with van der Waals surface area (Å²) >= 11 is 0. The molecule has 0 fully saturated rings. The van der Waals surface area contributed by atoms with Crippen molar-refractivity contribution in [1.29, 1.82) is 0 Å². The molecule has 2 aromatic rings. The fourth-order valence-electron chi connectivity index (χ4n) is 2.47. The molecule has 0 amide bonds. The van der Waals surface area contributed by atoms with Crippen molar-refractivity contribution in [2.45, 2.75) is 24.9 Å². The molecule has 132 valence electrons. The normalized spacial score (nSPS) is 13.0. The molecule has 0 bridgehead atoms. The first-order valence-electron chi connectivity index (χ1n) is 7.69. The van der Waals surface area contributed by atoms with Gasteiger partial charge in [-0.2, -0.15) is 0 Å². The fraction of sp³-hybridized carbons (Fsp3) is 0.222. The standard InChI is InChI=1S/C18H20N2O5/c19-13(9-17(21)22)11-5-1-3-7-15(11)25-16-8-4-2-6-12(16)14(20)10-18(23)24/h1-8,13-14H,9-10,19-20H2,(H,21,22)(H,23,24). The third-order valence-corrected chi connectivity index (χ3v) is 3.65. The van der Waals surface area contributed by atoms with Crippen LogP contribution in [0.15, 0.2) is 48.5 Å². The molecular formula is C18H20N2O5. The first kappa shape index (κ1) is 18.4. The van der Waals surface area contributed by atoms with Gasteiger partial charge in [-0.25, -0.2) is 0 Å². The number of carboxylic acids is 2. The molecule has 6 N–H and O–H groups in total. The summed E-state index contributed by atoms with van der Waals surface area (Å²) in [5.41, 5.74) is 13.0. The van der Waals surface area contributed by atoms with Gasteiger partial charge in [-0.05, 0) is 12.1 Å². The third-order valence-electron chi connectivity index (χ3n) is 3.65. The summed E-state index contributed by atoms with van der Waals surface area (Å²) in [4.78, 5) is 21.8. The van der Waals surface area contributed by atoms with Crippen LogP contribution in [0.1, 0.15) is 36.1 Å². The monoisotopic (exact) mass is 344 g/mol. The van der Waals surface area contributed by atoms with Crippen molar-refractivity contribution in [3.63, 3.8) is 0 Å². The third kappa shape index (κ3) is 5.03. The number of benzene rings is 2. The lowest BCUT2D eigenvalue weighted by Gasteiger charge is -2.19. The molecule has 25 heavy (non-hydrogen) atoms. The van der Waals surface area contributed by atoms with Crippen LogP contribution in [0.2, 0.25) is 0 Å². The highest BCUT2D eigenvalue weighted by molar-refractivity contribution is 5.68. The van der Waals surface area contributed by atoms with Crippen molar-refractivity contribution in [2.24, 2.45) is 11.5 Å². The van der Waals surface area contributed by atoms with E-state index in [0.29, 0.717) is 22.6 Å². The molecular weight excluding hydrogens is 324 g/mol. The molecule has 0 heterocycles. The average molecular weight is 344 g/mol. The summed E-state index contributed by atoms with van der Waals surface area (Å²) in [7, 11) is 0. The Morgan fingerprint density at radius 2 is 1.16 bits per heavy atom. The maximum absolute atomic E-state index is 10.9. The molecule has 0 aromatic heterocycles. The number of para-hydroxylation sites is 2. The van der Waals surface area contributed by atoms with Gasteiger partial charge < -0.3 is 26.4 Å². The second-order valence-corrected chi connectivity index (χ2v) is 5.59. The Hall–Kier alpha value is -2.90. The van der Waals surface area contributed by atoms with Crippen LogP contribution in [0.4, 0.5) is 0 Å². The first-order chi connectivity index (χ1) is 11.9. The molecule has 2 rings (SSSR count). The van der Waals surface area contributed by atoms with Gasteiger partial charge in [0.15, 0.2) is 0 Å². The highest BCUT2D eigenvalue weighted by atomic mass is 16.5. The minimum Gasteiger partial charge on any atom is -0.481 e. The second-order valence-electron chi connectivity index (χ2n) is 5.59. The Bertz CT molecular complexity index is 699. The van der Waals surface area contributed by atoms with Gasteiger partial charge in [0.25, 0.3) is 0 Å². The van der Waals surface area contributed by atoms with Crippen LogP contribution < -0.4 is 16.2 Å². The Balaban J connectivity index is 2.32. The van der Waals surface area contributed by atoms with E-state index in [9.17, 15) is 9.59 Å². The van der Waals surface area contributed by atoms with E-state index >= 15 is 0 Å². The van der Waals surface area contributed by atoms with E-state index < -0.39 is 24.0 Å². The second kappa shape index (κ2) is 8.27. The van der Waals surface area contributed by atoms with Gasteiger partial charge >= 0.3 is 11.9 Å². The summed E-state index contributed by atoms with van der Waals surface area (Å²) in [5, 5.41) is 17.9. The summed E-state index contributed by atoms with van der Waals surface area (Å²) in [6.45, 7) is 0. The molecule has 0 saturated carbocycles. The number of ether oxygens (including phenoxy) is 1. The van der Waals surface area contributed by atoms with Gasteiger partial charge in [-0.15, -0.1) is 0 Å². The number of aliphatic carboxylic acids is 2. The highest BCUT2D eigenvalue weighted by Crippen LogP contribution is 2.34. The molecule has 7 heteroatoms. The minimum atomic E-state index is -1.01. The Kier molecular flexibility index (Phi) is 6.10. The SMILES string of the molecule is NC(CC(=O)O)c1ccccc1Oc1ccccc1C(N)CC(=O)O. The van der Waals surface area contributed by atoms with Crippen LogP contribution in [0, 0.1) is 0 Å². The molecule has 0 radical (unpaired) electrons. The maximum Gasteiger partial charge on any atom is 0.305 e. The molecule has 0 aliphatic heterocycles. The van der Waals surface area contributed by atoms with Crippen molar-refractivity contribution < 1.29 is 24.5 Å². The Morgan fingerprint density at radius 1 is 0.800 bits per heavy atom. The Labute approximate surface area is 144 Å². The van der Waals surface area contributed by atoms with Gasteiger partial charge in [0, 0.05) is 23.2 Å². The van der Waals surface area contributed by atoms with Crippen LogP contribution in [0.25, 0.3) is 0 Å². The minimum absolute atomic E-state index is 0.236. The zero-order valence-electron chi connectivity index (χ0n) is 13.5. The van der Waals surface area contributed by atoms with Crippen molar-refractivity contribution in [3.05, 3.63) is 59.7 Å². The number of hydrogen-bond donors (Lipinski definition) is 4. The maximum atomic E-state index is 10.9. The van der Waals surface area contributed by atoms with Crippen LogP contribution in [-0.4, -0.2) is 22.2 Å². The van der Waals surface area contributed by atoms with E-state index in [1.54, 1.807) is 48.5 Å². The van der Waals surface area contributed by atoms with Crippen LogP contribution in [0.5, 0.6) is 11.5 Å². The molecule has 2 aromatic carbocycles. The highest BCUT2D eigenvalue weighted by Gasteiger charge is 2.19.